The van der Waals surface area contributed by atoms with Crippen molar-refractivity contribution in [2.75, 3.05) is 51.8 Å². The van der Waals surface area contributed by atoms with Crippen LogP contribution in [0.2, 0.25) is 0 Å². The van der Waals surface area contributed by atoms with E-state index in [1.807, 2.05) is 13.1 Å². The summed E-state index contributed by atoms with van der Waals surface area (Å²) in [5.41, 5.74) is 1.86. The van der Waals surface area contributed by atoms with Crippen LogP contribution in [0.5, 0.6) is 5.75 Å². The number of likely N-dealkylation sites (tertiary alicyclic amines) is 1. The van der Waals surface area contributed by atoms with Crippen molar-refractivity contribution in [2.45, 2.75) is 38.5 Å². The highest BCUT2D eigenvalue weighted by Gasteiger charge is 2.41. The number of ether oxygens (including phenoxy) is 1. The topological polar surface area (TPSA) is 40.1 Å². The van der Waals surface area contributed by atoms with Crippen LogP contribution >= 0.6 is 0 Å². The Hall–Kier alpha value is -1.91. The molecule has 5 nitrogen and oxygen atoms in total. The van der Waals surface area contributed by atoms with Gasteiger partial charge in [0.1, 0.15) is 5.75 Å². The SMILES string of the molecule is CN=C(NCC1CCN(c2cccc(OC)c2)C1)N1CCC2(CCCC2)C1. The van der Waals surface area contributed by atoms with Crippen LogP contribution < -0.4 is 15.0 Å². The largest absolute Gasteiger partial charge is 0.497 e. The van der Waals surface area contributed by atoms with Crippen LogP contribution in [0.4, 0.5) is 5.69 Å². The maximum atomic E-state index is 5.37. The van der Waals surface area contributed by atoms with Crippen molar-refractivity contribution in [1.82, 2.24) is 10.2 Å². The number of methoxy groups -OCH3 is 1. The lowest BCUT2D eigenvalue weighted by Gasteiger charge is -2.26. The normalized spacial score (nSPS) is 24.8. The average molecular weight is 371 g/mol. The lowest BCUT2D eigenvalue weighted by Crippen LogP contribution is -2.43. The van der Waals surface area contributed by atoms with Crippen LogP contribution in [-0.4, -0.2) is 57.7 Å². The molecule has 1 aromatic rings. The van der Waals surface area contributed by atoms with Gasteiger partial charge >= 0.3 is 0 Å². The summed E-state index contributed by atoms with van der Waals surface area (Å²) in [5, 5.41) is 3.68. The fourth-order valence-corrected chi connectivity index (χ4v) is 5.26. The number of benzene rings is 1. The number of nitrogens with zero attached hydrogens (tertiary/aromatic N) is 3. The van der Waals surface area contributed by atoms with Crippen molar-refractivity contribution in [2.24, 2.45) is 16.3 Å². The van der Waals surface area contributed by atoms with E-state index in [1.54, 1.807) is 7.11 Å². The molecule has 2 aliphatic heterocycles. The highest BCUT2D eigenvalue weighted by molar-refractivity contribution is 5.80. The number of guanidine groups is 1. The molecule has 0 radical (unpaired) electrons. The second kappa shape index (κ2) is 7.99. The number of nitrogens with one attached hydrogen (secondary N) is 1. The van der Waals surface area contributed by atoms with Crippen molar-refractivity contribution in [3.8, 4) is 5.75 Å². The Kier molecular flexibility index (Phi) is 5.46. The molecular formula is C22H34N4O. The zero-order valence-corrected chi connectivity index (χ0v) is 16.9. The molecule has 2 heterocycles. The number of rotatable bonds is 4. The second-order valence-corrected chi connectivity index (χ2v) is 8.61. The van der Waals surface area contributed by atoms with Gasteiger partial charge in [-0.2, -0.15) is 0 Å². The third-order valence-electron chi connectivity index (χ3n) is 6.87. The second-order valence-electron chi connectivity index (χ2n) is 8.61. The number of aliphatic imine (C=N–C) groups is 1. The van der Waals surface area contributed by atoms with Gasteiger partial charge in [0.2, 0.25) is 0 Å². The smallest absolute Gasteiger partial charge is 0.193 e. The predicted molar refractivity (Wildman–Crippen MR) is 112 cm³/mol. The van der Waals surface area contributed by atoms with Gasteiger partial charge in [0, 0.05) is 51.5 Å². The first-order chi connectivity index (χ1) is 13.2. The average Bonchev–Trinajstić information content (AvgIpc) is 3.45. The van der Waals surface area contributed by atoms with Crippen LogP contribution in [0.15, 0.2) is 29.3 Å². The summed E-state index contributed by atoms with van der Waals surface area (Å²) in [7, 11) is 3.66. The molecule has 148 valence electrons. The quantitative estimate of drug-likeness (QED) is 0.652. The first-order valence-electron chi connectivity index (χ1n) is 10.6. The van der Waals surface area contributed by atoms with E-state index in [9.17, 15) is 0 Å². The molecule has 0 bridgehead atoms. The molecular weight excluding hydrogens is 336 g/mol. The molecule has 1 saturated carbocycles. The Bertz CT molecular complexity index is 668. The van der Waals surface area contributed by atoms with Crippen molar-refractivity contribution >= 4 is 11.6 Å². The van der Waals surface area contributed by atoms with Crippen molar-refractivity contribution in [3.05, 3.63) is 24.3 Å². The van der Waals surface area contributed by atoms with Crippen LogP contribution in [0, 0.1) is 11.3 Å². The Labute approximate surface area is 163 Å². The van der Waals surface area contributed by atoms with E-state index < -0.39 is 0 Å². The molecule has 3 aliphatic rings. The standard InChI is InChI=1S/C22H34N4O/c1-23-21(26-13-11-22(17-26)9-3-4-10-22)24-15-18-8-12-25(16-18)19-6-5-7-20(14-19)27-2/h5-7,14,18H,3-4,8-13,15-17H2,1-2H3,(H,23,24). The minimum atomic E-state index is 0.591. The van der Waals surface area contributed by atoms with Crippen LogP contribution in [0.1, 0.15) is 38.5 Å². The molecule has 27 heavy (non-hydrogen) atoms. The molecule has 4 rings (SSSR count). The van der Waals surface area contributed by atoms with E-state index in [1.165, 1.54) is 57.3 Å². The highest BCUT2D eigenvalue weighted by atomic mass is 16.5. The molecule has 5 heteroatoms. The van der Waals surface area contributed by atoms with Gasteiger partial charge in [-0.1, -0.05) is 18.9 Å². The number of hydrogen-bond acceptors (Lipinski definition) is 3. The van der Waals surface area contributed by atoms with Crippen LogP contribution in [0.25, 0.3) is 0 Å². The zero-order chi connectivity index (χ0) is 18.7. The monoisotopic (exact) mass is 370 g/mol. The Balaban J connectivity index is 1.28. The van der Waals surface area contributed by atoms with E-state index in [0.29, 0.717) is 11.3 Å². The molecule has 1 atom stereocenters. The van der Waals surface area contributed by atoms with Crippen molar-refractivity contribution in [1.29, 1.82) is 0 Å². The molecule has 1 N–H and O–H groups in total. The van der Waals surface area contributed by atoms with E-state index in [-0.39, 0.29) is 0 Å². The van der Waals surface area contributed by atoms with E-state index in [4.69, 9.17) is 4.74 Å². The summed E-state index contributed by atoms with van der Waals surface area (Å²) in [5.74, 6) is 2.71. The van der Waals surface area contributed by atoms with Gasteiger partial charge in [0.05, 0.1) is 7.11 Å². The maximum Gasteiger partial charge on any atom is 0.193 e. The van der Waals surface area contributed by atoms with Crippen LogP contribution in [0.3, 0.4) is 0 Å². The Morgan fingerprint density at radius 2 is 2.11 bits per heavy atom. The minimum absolute atomic E-state index is 0.591. The summed E-state index contributed by atoms with van der Waals surface area (Å²) in [6.07, 6.45) is 8.24. The van der Waals surface area contributed by atoms with Gasteiger partial charge in [-0.3, -0.25) is 4.99 Å². The van der Waals surface area contributed by atoms with Crippen molar-refractivity contribution in [3.63, 3.8) is 0 Å². The van der Waals surface area contributed by atoms with E-state index >= 15 is 0 Å². The van der Waals surface area contributed by atoms with Crippen molar-refractivity contribution < 1.29 is 4.74 Å². The fourth-order valence-electron chi connectivity index (χ4n) is 5.26. The van der Waals surface area contributed by atoms with E-state index in [0.717, 1.165) is 31.3 Å². The van der Waals surface area contributed by atoms with Gasteiger partial charge in [0.25, 0.3) is 0 Å². The van der Waals surface area contributed by atoms with Gasteiger partial charge in [-0.25, -0.2) is 0 Å². The summed E-state index contributed by atoms with van der Waals surface area (Å²) < 4.78 is 5.37. The molecule has 1 aliphatic carbocycles. The Morgan fingerprint density at radius 3 is 2.89 bits per heavy atom. The van der Waals surface area contributed by atoms with Gasteiger partial charge in [0.15, 0.2) is 5.96 Å². The Morgan fingerprint density at radius 1 is 1.26 bits per heavy atom. The number of anilines is 1. The molecule has 0 aromatic heterocycles. The fraction of sp³-hybridized carbons (Fsp3) is 0.682. The first-order valence-corrected chi connectivity index (χ1v) is 10.6. The lowest BCUT2D eigenvalue weighted by molar-refractivity contribution is 0.309. The molecule has 1 aromatic carbocycles. The van der Waals surface area contributed by atoms with Gasteiger partial charge < -0.3 is 19.9 Å². The van der Waals surface area contributed by atoms with Crippen LogP contribution in [-0.2, 0) is 0 Å². The van der Waals surface area contributed by atoms with E-state index in [2.05, 4.69) is 38.3 Å². The summed E-state index contributed by atoms with van der Waals surface area (Å²) >= 11 is 0. The molecule has 2 saturated heterocycles. The summed E-state index contributed by atoms with van der Waals surface area (Å²) in [4.78, 5) is 9.56. The lowest BCUT2D eigenvalue weighted by atomic mass is 9.86. The van der Waals surface area contributed by atoms with Gasteiger partial charge in [-0.05, 0) is 49.1 Å². The summed E-state index contributed by atoms with van der Waals surface area (Å²) in [6, 6.07) is 8.41. The van der Waals surface area contributed by atoms with Gasteiger partial charge in [-0.15, -0.1) is 0 Å². The third kappa shape index (κ3) is 4.02. The minimum Gasteiger partial charge on any atom is -0.497 e. The molecule has 1 unspecified atom stereocenters. The summed E-state index contributed by atoms with van der Waals surface area (Å²) in [6.45, 7) is 5.59. The third-order valence-corrected chi connectivity index (χ3v) is 6.87. The molecule has 3 fully saturated rings. The first kappa shape index (κ1) is 18.5. The molecule has 1 spiro atoms. The highest BCUT2D eigenvalue weighted by Crippen LogP contribution is 2.45. The number of hydrogen-bond donors (Lipinski definition) is 1. The zero-order valence-electron chi connectivity index (χ0n) is 16.9. The molecule has 0 amide bonds. The predicted octanol–water partition coefficient (Wildman–Crippen LogP) is 3.36. The maximum absolute atomic E-state index is 5.37.